The van der Waals surface area contributed by atoms with Gasteiger partial charge in [-0.25, -0.2) is 0 Å². The van der Waals surface area contributed by atoms with Gasteiger partial charge in [-0.1, -0.05) is 0 Å². The van der Waals surface area contributed by atoms with Crippen molar-refractivity contribution < 1.29 is 65.2 Å². The molecule has 1 fully saturated rings. The van der Waals surface area contributed by atoms with Crippen LogP contribution in [-0.4, -0.2) is 41.4 Å². The van der Waals surface area contributed by atoms with E-state index < -0.39 is 49.2 Å². The van der Waals surface area contributed by atoms with Crippen molar-refractivity contribution in [1.82, 2.24) is 0 Å². The summed E-state index contributed by atoms with van der Waals surface area (Å²) in [6, 6.07) is 0. The van der Waals surface area contributed by atoms with E-state index in [1.165, 1.54) is 6.08 Å². The molecule has 1 aliphatic rings. The summed E-state index contributed by atoms with van der Waals surface area (Å²) in [6.45, 7) is 1.64. The summed E-state index contributed by atoms with van der Waals surface area (Å²) in [5.74, 6) is -5.73. The summed E-state index contributed by atoms with van der Waals surface area (Å²) in [4.78, 5) is 10.9. The van der Waals surface area contributed by atoms with E-state index in [1.54, 1.807) is 0 Å². The molecule has 1 N–H and O–H groups in total. The van der Waals surface area contributed by atoms with Gasteiger partial charge in [-0.2, -0.15) is 26.3 Å². The van der Waals surface area contributed by atoms with Crippen LogP contribution in [0.25, 0.3) is 0 Å². The van der Waals surface area contributed by atoms with Crippen molar-refractivity contribution in [2.45, 2.75) is 36.6 Å². The predicted octanol–water partition coefficient (Wildman–Crippen LogP) is 1.88. The van der Waals surface area contributed by atoms with E-state index in [4.69, 9.17) is 0 Å². The van der Waals surface area contributed by atoms with Gasteiger partial charge >= 0.3 is 12.4 Å². The van der Waals surface area contributed by atoms with E-state index in [1.807, 2.05) is 0 Å². The Labute approximate surface area is 127 Å². The number of carbonyl (C=O) groups excluding carboxylic acids is 1. The first-order valence-corrected chi connectivity index (χ1v) is 5.13. The molecule has 0 aromatic carbocycles. The molecule has 2 unspecified atom stereocenters. The molecule has 1 radical (unpaired) electrons. The van der Waals surface area contributed by atoms with E-state index in [0.29, 0.717) is 0 Å². The number of carbonyl (C=O) groups is 1. The van der Waals surface area contributed by atoms with Crippen molar-refractivity contribution in [3.8, 4) is 0 Å². The SMILES string of the molecule is C=[C-]C(=O)OC1(C(F)(F)F)CCOC(O)(C(F)(F)F)C1.[Rh]. The maximum atomic E-state index is 13.0. The Balaban J connectivity index is 0.00000400. The zero-order chi connectivity index (χ0) is 15.8. The second-order valence-corrected chi connectivity index (χ2v) is 4.12. The van der Waals surface area contributed by atoms with E-state index >= 15 is 0 Å². The number of hydrogen-bond acceptors (Lipinski definition) is 4. The van der Waals surface area contributed by atoms with Gasteiger partial charge in [-0.3, -0.25) is 11.4 Å². The molecule has 4 nitrogen and oxygen atoms in total. The van der Waals surface area contributed by atoms with Crippen molar-refractivity contribution in [2.24, 2.45) is 0 Å². The van der Waals surface area contributed by atoms with Crippen molar-refractivity contribution in [2.75, 3.05) is 6.61 Å². The average molecular weight is 410 g/mol. The van der Waals surface area contributed by atoms with Crippen LogP contribution >= 0.6 is 0 Å². The maximum absolute atomic E-state index is 13.0. The second-order valence-electron chi connectivity index (χ2n) is 4.12. The quantitative estimate of drug-likeness (QED) is 0.249. The van der Waals surface area contributed by atoms with Crippen molar-refractivity contribution in [3.05, 3.63) is 12.7 Å². The Bertz CT molecular complexity index is 409. The van der Waals surface area contributed by atoms with E-state index in [9.17, 15) is 36.2 Å². The molecule has 1 aliphatic heterocycles. The van der Waals surface area contributed by atoms with Crippen LogP contribution in [0.15, 0.2) is 6.58 Å². The molecular weight excluding hydrogens is 401 g/mol. The van der Waals surface area contributed by atoms with Gasteiger partial charge in [0.2, 0.25) is 5.60 Å². The molecule has 1 heterocycles. The van der Waals surface area contributed by atoms with E-state index in [2.05, 4.69) is 16.1 Å². The third-order valence-corrected chi connectivity index (χ3v) is 2.76. The van der Waals surface area contributed by atoms with Gasteiger partial charge in [0.15, 0.2) is 0 Å². The van der Waals surface area contributed by atoms with Crippen molar-refractivity contribution >= 4 is 5.97 Å². The minimum atomic E-state index is -5.48. The topological polar surface area (TPSA) is 55.8 Å². The maximum Gasteiger partial charge on any atom is 0.443 e. The van der Waals surface area contributed by atoms with Gasteiger partial charge < -0.3 is 20.7 Å². The van der Waals surface area contributed by atoms with Crippen LogP contribution in [0.1, 0.15) is 12.8 Å². The fourth-order valence-electron chi connectivity index (χ4n) is 1.69. The van der Waals surface area contributed by atoms with Gasteiger partial charge in [0.25, 0.3) is 5.79 Å². The molecule has 0 spiro atoms. The smallest absolute Gasteiger partial charge is 0.443 e. The van der Waals surface area contributed by atoms with Gasteiger partial charge in [-0.15, -0.1) is 0 Å². The number of esters is 1. The first-order chi connectivity index (χ1) is 8.87. The normalized spacial score (nSPS) is 30.2. The van der Waals surface area contributed by atoms with Crippen LogP contribution in [0.4, 0.5) is 26.3 Å². The Hall–Kier alpha value is -0.667. The van der Waals surface area contributed by atoms with Crippen LogP contribution in [0, 0.1) is 6.08 Å². The van der Waals surface area contributed by atoms with Crippen molar-refractivity contribution in [1.29, 1.82) is 0 Å². The standard InChI is InChI=1S/C10H9F6O4.Rh/c1-2-6(17)20-7(9(11,12)13)3-4-19-8(18,5-7)10(14,15)16;/h18H,1,3-5H2;/q-1;. The Kier molecular flexibility index (Phi) is 6.02. The third kappa shape index (κ3) is 3.95. The molecule has 0 bridgehead atoms. The molecule has 0 aromatic rings. The van der Waals surface area contributed by atoms with Crippen LogP contribution in [0.2, 0.25) is 0 Å². The molecule has 0 saturated carbocycles. The van der Waals surface area contributed by atoms with Gasteiger partial charge in [-0.05, 0) is 0 Å². The molecule has 0 aromatic heterocycles. The number of hydrogen-bond donors (Lipinski definition) is 1. The second kappa shape index (κ2) is 6.22. The minimum absolute atomic E-state index is 0. The molecule has 125 valence electrons. The van der Waals surface area contributed by atoms with Gasteiger partial charge in [0.05, 0.1) is 13.0 Å². The van der Waals surface area contributed by atoms with Gasteiger partial charge in [0, 0.05) is 25.9 Å². The summed E-state index contributed by atoms with van der Waals surface area (Å²) in [5.41, 5.74) is -3.52. The summed E-state index contributed by atoms with van der Waals surface area (Å²) in [5, 5.41) is 9.22. The van der Waals surface area contributed by atoms with Crippen LogP contribution in [-0.2, 0) is 33.7 Å². The van der Waals surface area contributed by atoms with Crippen LogP contribution in [0.3, 0.4) is 0 Å². The number of halogens is 6. The molecule has 2 atom stereocenters. The largest absolute Gasteiger partial charge is 0.474 e. The monoisotopic (exact) mass is 410 g/mol. The first-order valence-electron chi connectivity index (χ1n) is 5.13. The zero-order valence-electron chi connectivity index (χ0n) is 10.1. The zero-order valence-corrected chi connectivity index (χ0v) is 11.7. The summed E-state index contributed by atoms with van der Waals surface area (Å²) in [6.07, 6.45) is -12.4. The molecule has 1 saturated heterocycles. The molecule has 0 amide bonds. The first kappa shape index (κ1) is 20.3. The summed E-state index contributed by atoms with van der Waals surface area (Å²) < 4.78 is 84.6. The molecule has 1 rings (SSSR count). The molecule has 11 heteroatoms. The number of ether oxygens (including phenoxy) is 2. The van der Waals surface area contributed by atoms with Crippen molar-refractivity contribution in [3.63, 3.8) is 0 Å². The Morgan fingerprint density at radius 2 is 1.76 bits per heavy atom. The Morgan fingerprint density at radius 1 is 1.24 bits per heavy atom. The van der Waals surface area contributed by atoms with Gasteiger partial charge in [0.1, 0.15) is 5.97 Å². The summed E-state index contributed by atoms with van der Waals surface area (Å²) in [7, 11) is 0. The van der Waals surface area contributed by atoms with E-state index in [0.717, 1.165) is 0 Å². The number of alkyl halides is 6. The molecular formula is C10H9F6O4Rh-. The minimum Gasteiger partial charge on any atom is -0.474 e. The number of rotatable bonds is 2. The third-order valence-electron chi connectivity index (χ3n) is 2.76. The predicted molar refractivity (Wildman–Crippen MR) is 49.9 cm³/mol. The summed E-state index contributed by atoms with van der Waals surface area (Å²) >= 11 is 0. The number of aliphatic hydroxyl groups is 1. The molecule has 0 aliphatic carbocycles. The molecule has 21 heavy (non-hydrogen) atoms. The van der Waals surface area contributed by atoms with Crippen LogP contribution in [0.5, 0.6) is 0 Å². The Morgan fingerprint density at radius 3 is 2.14 bits per heavy atom. The van der Waals surface area contributed by atoms with Crippen LogP contribution < -0.4 is 0 Å². The fourth-order valence-corrected chi connectivity index (χ4v) is 1.69. The average Bonchev–Trinajstić information content (AvgIpc) is 2.26. The fraction of sp³-hybridized carbons (Fsp3) is 0.700. The van der Waals surface area contributed by atoms with E-state index in [-0.39, 0.29) is 19.5 Å².